The van der Waals surface area contributed by atoms with Gasteiger partial charge in [0.2, 0.25) is 0 Å². The van der Waals surface area contributed by atoms with Gasteiger partial charge in [-0.15, -0.1) is 0 Å². The number of benzene rings is 3. The summed E-state index contributed by atoms with van der Waals surface area (Å²) in [5.74, 6) is 0.139. The molecule has 0 aliphatic carbocycles. The van der Waals surface area contributed by atoms with E-state index in [0.717, 1.165) is 16.3 Å². The van der Waals surface area contributed by atoms with Gasteiger partial charge in [-0.25, -0.2) is 0 Å². The van der Waals surface area contributed by atoms with Crippen LogP contribution in [0.15, 0.2) is 66.7 Å². The Morgan fingerprint density at radius 3 is 2.21 bits per heavy atom. The predicted molar refractivity (Wildman–Crippen MR) is 78.0 cm³/mol. The van der Waals surface area contributed by atoms with Gasteiger partial charge in [-0.3, -0.25) is 5.41 Å². The molecule has 3 aromatic carbocycles. The van der Waals surface area contributed by atoms with E-state index in [1.807, 2.05) is 48.5 Å². The minimum Gasteiger partial charge on any atom is -0.507 e. The highest BCUT2D eigenvalue weighted by molar-refractivity contribution is 6.18. The summed E-state index contributed by atoms with van der Waals surface area (Å²) < 4.78 is 0. The van der Waals surface area contributed by atoms with Crippen LogP contribution in [0.5, 0.6) is 5.75 Å². The van der Waals surface area contributed by atoms with Gasteiger partial charge >= 0.3 is 0 Å². The van der Waals surface area contributed by atoms with Crippen LogP contribution in [-0.4, -0.2) is 10.8 Å². The first-order chi connectivity index (χ1) is 9.27. The molecule has 3 aromatic rings. The Morgan fingerprint density at radius 2 is 1.37 bits per heavy atom. The summed E-state index contributed by atoms with van der Waals surface area (Å²) in [7, 11) is 0. The number of fused-ring (bicyclic) bond motifs is 1. The van der Waals surface area contributed by atoms with Crippen molar-refractivity contribution in [3.63, 3.8) is 0 Å². The van der Waals surface area contributed by atoms with Gasteiger partial charge in [0, 0.05) is 11.1 Å². The fraction of sp³-hybridized carbons (Fsp3) is 0. The van der Waals surface area contributed by atoms with Crippen molar-refractivity contribution in [1.82, 2.24) is 0 Å². The van der Waals surface area contributed by atoms with Crippen molar-refractivity contribution in [2.75, 3.05) is 0 Å². The van der Waals surface area contributed by atoms with Gasteiger partial charge in [0.25, 0.3) is 0 Å². The average Bonchev–Trinajstić information content (AvgIpc) is 2.46. The molecular formula is C17H13NO. The van der Waals surface area contributed by atoms with E-state index in [2.05, 4.69) is 0 Å². The summed E-state index contributed by atoms with van der Waals surface area (Å²) in [4.78, 5) is 0. The smallest absolute Gasteiger partial charge is 0.124 e. The second-order valence-electron chi connectivity index (χ2n) is 4.42. The molecule has 0 unspecified atom stereocenters. The van der Waals surface area contributed by atoms with Crippen LogP contribution in [0.3, 0.4) is 0 Å². The second-order valence-corrected chi connectivity index (χ2v) is 4.42. The zero-order chi connectivity index (χ0) is 13.2. The van der Waals surface area contributed by atoms with Gasteiger partial charge in [-0.05, 0) is 22.9 Å². The first-order valence-electron chi connectivity index (χ1n) is 6.12. The summed E-state index contributed by atoms with van der Waals surface area (Å²) in [5.41, 5.74) is 1.73. The number of para-hydroxylation sites is 1. The molecule has 0 saturated carbocycles. The molecule has 0 bridgehead atoms. The third-order valence-corrected chi connectivity index (χ3v) is 3.23. The van der Waals surface area contributed by atoms with Gasteiger partial charge in [-0.1, -0.05) is 54.6 Å². The Bertz CT molecular complexity index is 757. The molecule has 3 rings (SSSR count). The average molecular weight is 247 g/mol. The highest BCUT2D eigenvalue weighted by Crippen LogP contribution is 2.25. The molecule has 19 heavy (non-hydrogen) atoms. The van der Waals surface area contributed by atoms with Gasteiger partial charge < -0.3 is 5.11 Å². The minimum absolute atomic E-state index is 0.139. The lowest BCUT2D eigenvalue weighted by Crippen LogP contribution is -2.02. The van der Waals surface area contributed by atoms with Gasteiger partial charge in [0.15, 0.2) is 0 Å². The molecule has 0 heterocycles. The Balaban J connectivity index is 2.20. The van der Waals surface area contributed by atoms with E-state index in [1.54, 1.807) is 18.2 Å². The third-order valence-electron chi connectivity index (χ3n) is 3.23. The Morgan fingerprint density at radius 1 is 0.737 bits per heavy atom. The lowest BCUT2D eigenvalue weighted by molar-refractivity contribution is 0.474. The maximum Gasteiger partial charge on any atom is 0.124 e. The number of phenols is 1. The summed E-state index contributed by atoms with van der Waals surface area (Å²) >= 11 is 0. The highest BCUT2D eigenvalue weighted by atomic mass is 16.3. The summed E-state index contributed by atoms with van der Waals surface area (Å²) in [6.07, 6.45) is 0. The molecule has 0 aromatic heterocycles. The molecular weight excluding hydrogens is 234 g/mol. The zero-order valence-corrected chi connectivity index (χ0v) is 10.3. The molecule has 0 aliphatic heterocycles. The largest absolute Gasteiger partial charge is 0.507 e. The molecule has 0 spiro atoms. The monoisotopic (exact) mass is 247 g/mol. The van der Waals surface area contributed by atoms with E-state index in [4.69, 9.17) is 5.41 Å². The third kappa shape index (κ3) is 1.97. The van der Waals surface area contributed by atoms with E-state index in [9.17, 15) is 5.11 Å². The van der Waals surface area contributed by atoms with E-state index in [0.29, 0.717) is 11.3 Å². The van der Waals surface area contributed by atoms with Crippen LogP contribution in [0.2, 0.25) is 0 Å². The van der Waals surface area contributed by atoms with E-state index in [1.165, 1.54) is 0 Å². The summed E-state index contributed by atoms with van der Waals surface area (Å²) in [6, 6.07) is 20.8. The van der Waals surface area contributed by atoms with Crippen molar-refractivity contribution in [1.29, 1.82) is 5.41 Å². The van der Waals surface area contributed by atoms with Crippen LogP contribution in [-0.2, 0) is 0 Å². The summed E-state index contributed by atoms with van der Waals surface area (Å²) in [5, 5.41) is 20.3. The predicted octanol–water partition coefficient (Wildman–Crippen LogP) is 3.96. The van der Waals surface area contributed by atoms with Crippen LogP contribution in [0.1, 0.15) is 11.1 Å². The highest BCUT2D eigenvalue weighted by Gasteiger charge is 2.11. The maximum atomic E-state index is 9.87. The van der Waals surface area contributed by atoms with Crippen molar-refractivity contribution in [3.05, 3.63) is 77.9 Å². The van der Waals surface area contributed by atoms with Crippen LogP contribution in [0.4, 0.5) is 0 Å². The van der Waals surface area contributed by atoms with Gasteiger partial charge in [-0.2, -0.15) is 0 Å². The lowest BCUT2D eigenvalue weighted by atomic mass is 9.96. The Kier molecular flexibility index (Phi) is 2.76. The van der Waals surface area contributed by atoms with E-state index in [-0.39, 0.29) is 5.75 Å². The normalized spacial score (nSPS) is 10.5. The number of aromatic hydroxyl groups is 1. The molecule has 2 N–H and O–H groups in total. The Hall–Kier alpha value is -2.61. The second kappa shape index (κ2) is 4.58. The van der Waals surface area contributed by atoms with E-state index >= 15 is 0 Å². The standard InChI is InChI=1S/C17H13NO/c18-17(15-9-3-4-11-16(15)19)14-10-5-7-12-6-1-2-8-13(12)14/h1-11,18-19H. The van der Waals surface area contributed by atoms with Crippen molar-refractivity contribution >= 4 is 16.5 Å². The van der Waals surface area contributed by atoms with Gasteiger partial charge in [0.05, 0.1) is 5.71 Å². The fourth-order valence-electron chi connectivity index (χ4n) is 2.27. The van der Waals surface area contributed by atoms with Gasteiger partial charge in [0.1, 0.15) is 5.75 Å². The molecule has 0 atom stereocenters. The quantitative estimate of drug-likeness (QED) is 0.661. The number of hydrogen-bond donors (Lipinski definition) is 2. The molecule has 92 valence electrons. The topological polar surface area (TPSA) is 44.1 Å². The minimum atomic E-state index is 0.139. The molecule has 0 saturated heterocycles. The van der Waals surface area contributed by atoms with E-state index < -0.39 is 0 Å². The van der Waals surface area contributed by atoms with Crippen LogP contribution >= 0.6 is 0 Å². The zero-order valence-electron chi connectivity index (χ0n) is 10.3. The fourth-order valence-corrected chi connectivity index (χ4v) is 2.27. The van der Waals surface area contributed by atoms with Crippen molar-refractivity contribution in [2.24, 2.45) is 0 Å². The SMILES string of the molecule is N=C(c1ccccc1O)c1cccc2ccccc12. The first-order valence-corrected chi connectivity index (χ1v) is 6.12. The molecule has 2 heteroatoms. The molecule has 0 fully saturated rings. The number of rotatable bonds is 2. The van der Waals surface area contributed by atoms with Crippen LogP contribution in [0.25, 0.3) is 10.8 Å². The molecule has 0 radical (unpaired) electrons. The lowest BCUT2D eigenvalue weighted by Gasteiger charge is -2.09. The Labute approximate surface area is 111 Å². The van der Waals surface area contributed by atoms with Crippen molar-refractivity contribution < 1.29 is 5.11 Å². The number of phenolic OH excluding ortho intramolecular Hbond substituents is 1. The first kappa shape index (κ1) is 11.5. The van der Waals surface area contributed by atoms with Crippen molar-refractivity contribution in [3.8, 4) is 5.75 Å². The molecule has 0 aliphatic rings. The van der Waals surface area contributed by atoms with Crippen LogP contribution in [0, 0.1) is 5.41 Å². The molecule has 0 amide bonds. The maximum absolute atomic E-state index is 9.87. The molecule has 2 nitrogen and oxygen atoms in total. The number of hydrogen-bond acceptors (Lipinski definition) is 2. The summed E-state index contributed by atoms with van der Waals surface area (Å²) in [6.45, 7) is 0. The van der Waals surface area contributed by atoms with Crippen LogP contribution < -0.4 is 0 Å². The number of nitrogens with one attached hydrogen (secondary N) is 1. The van der Waals surface area contributed by atoms with Crippen molar-refractivity contribution in [2.45, 2.75) is 0 Å².